The minimum atomic E-state index is 0.755. The fourth-order valence-corrected chi connectivity index (χ4v) is 4.22. The number of aryl methyl sites for hydroxylation is 1. The van der Waals surface area contributed by atoms with Crippen molar-refractivity contribution in [2.24, 2.45) is 0 Å². The molecule has 1 saturated heterocycles. The molecule has 0 amide bonds. The highest BCUT2D eigenvalue weighted by atomic mass is 15.3. The van der Waals surface area contributed by atoms with Crippen LogP contribution in [0.3, 0.4) is 0 Å². The Hall–Kier alpha value is -3.31. The molecule has 5 heteroatoms. The number of hydrogen-bond acceptors (Lipinski definition) is 4. The van der Waals surface area contributed by atoms with Gasteiger partial charge in [0.05, 0.1) is 11.4 Å². The number of aromatic nitrogens is 2. The largest absolute Gasteiger partial charge is 0.398 e. The van der Waals surface area contributed by atoms with Crippen molar-refractivity contribution in [3.63, 3.8) is 0 Å². The zero-order chi connectivity index (χ0) is 20.5. The van der Waals surface area contributed by atoms with E-state index >= 15 is 0 Å². The summed E-state index contributed by atoms with van der Waals surface area (Å²) in [5.41, 5.74) is 13.8. The number of imidazole rings is 1. The first-order chi connectivity index (χ1) is 14.7. The third-order valence-electron chi connectivity index (χ3n) is 5.93. The topological polar surface area (TPSA) is 49.8 Å². The van der Waals surface area contributed by atoms with Gasteiger partial charge in [-0.05, 0) is 31.2 Å². The summed E-state index contributed by atoms with van der Waals surface area (Å²) in [6, 6.07) is 23.2. The third kappa shape index (κ3) is 3.64. The predicted molar refractivity (Wildman–Crippen MR) is 124 cm³/mol. The first kappa shape index (κ1) is 18.7. The number of nitrogens with two attached hydrogens (primary N) is 1. The highest BCUT2D eigenvalue weighted by molar-refractivity contribution is 5.67. The average Bonchev–Trinajstić information content (AvgIpc) is 3.13. The predicted octanol–water partition coefficient (Wildman–Crippen LogP) is 4.21. The van der Waals surface area contributed by atoms with Crippen LogP contribution in [0.1, 0.15) is 11.3 Å². The number of piperazine rings is 1. The van der Waals surface area contributed by atoms with Gasteiger partial charge in [-0.25, -0.2) is 4.98 Å². The Morgan fingerprint density at radius 1 is 0.867 bits per heavy atom. The maximum absolute atomic E-state index is 6.11. The molecule has 2 N–H and O–H groups in total. The van der Waals surface area contributed by atoms with E-state index < -0.39 is 0 Å². The molecule has 0 spiro atoms. The van der Waals surface area contributed by atoms with Crippen molar-refractivity contribution < 1.29 is 0 Å². The normalized spacial score (nSPS) is 15.0. The van der Waals surface area contributed by atoms with Gasteiger partial charge in [-0.1, -0.05) is 48.0 Å². The highest BCUT2D eigenvalue weighted by Gasteiger charge is 2.21. The molecule has 4 aromatic rings. The second-order valence-electron chi connectivity index (χ2n) is 8.06. The van der Waals surface area contributed by atoms with Crippen LogP contribution in [0.5, 0.6) is 0 Å². The maximum atomic E-state index is 6.11. The van der Waals surface area contributed by atoms with Crippen LogP contribution in [0.25, 0.3) is 16.9 Å². The molecule has 30 heavy (non-hydrogen) atoms. The number of anilines is 2. The molecule has 0 saturated carbocycles. The fraction of sp³-hybridized carbons (Fsp3) is 0.240. The van der Waals surface area contributed by atoms with Gasteiger partial charge in [0.25, 0.3) is 0 Å². The first-order valence-corrected chi connectivity index (χ1v) is 10.5. The van der Waals surface area contributed by atoms with Crippen molar-refractivity contribution in [2.75, 3.05) is 36.8 Å². The molecule has 1 fully saturated rings. The number of nitrogens with zero attached hydrogens (tertiary/aromatic N) is 4. The summed E-state index contributed by atoms with van der Waals surface area (Å²) in [4.78, 5) is 9.93. The molecule has 5 rings (SSSR count). The number of rotatable bonds is 4. The van der Waals surface area contributed by atoms with E-state index in [9.17, 15) is 0 Å². The number of pyridine rings is 1. The van der Waals surface area contributed by atoms with E-state index in [-0.39, 0.29) is 0 Å². The molecular weight excluding hydrogens is 370 g/mol. The molecule has 2 aromatic carbocycles. The lowest BCUT2D eigenvalue weighted by atomic mass is 10.1. The quantitative estimate of drug-likeness (QED) is 0.560. The van der Waals surface area contributed by atoms with Gasteiger partial charge in [-0.15, -0.1) is 0 Å². The molecule has 0 unspecified atom stereocenters. The van der Waals surface area contributed by atoms with Crippen molar-refractivity contribution in [3.8, 4) is 11.3 Å². The Morgan fingerprint density at radius 3 is 2.33 bits per heavy atom. The van der Waals surface area contributed by atoms with Gasteiger partial charge in [0, 0.05) is 55.9 Å². The van der Waals surface area contributed by atoms with Crippen LogP contribution in [-0.2, 0) is 6.54 Å². The smallest absolute Gasteiger partial charge is 0.137 e. The second kappa shape index (κ2) is 7.84. The molecule has 3 heterocycles. The highest BCUT2D eigenvalue weighted by Crippen LogP contribution is 2.27. The van der Waals surface area contributed by atoms with Gasteiger partial charge in [0.2, 0.25) is 0 Å². The average molecular weight is 398 g/mol. The van der Waals surface area contributed by atoms with Crippen molar-refractivity contribution in [1.82, 2.24) is 14.3 Å². The fourth-order valence-electron chi connectivity index (χ4n) is 4.22. The van der Waals surface area contributed by atoms with Crippen LogP contribution >= 0.6 is 0 Å². The Bertz CT molecular complexity index is 1140. The van der Waals surface area contributed by atoms with Crippen molar-refractivity contribution >= 4 is 17.0 Å². The summed E-state index contributed by atoms with van der Waals surface area (Å²) in [5.74, 6) is 0. The Morgan fingerprint density at radius 2 is 1.60 bits per heavy atom. The van der Waals surface area contributed by atoms with E-state index in [2.05, 4.69) is 75.7 Å². The SMILES string of the molecule is Cc1ccc(-c2nc3ccc(N)cn3c2CN2CCN(c3ccccc3)CC2)cc1. The van der Waals surface area contributed by atoms with Crippen LogP contribution in [-0.4, -0.2) is 40.5 Å². The summed E-state index contributed by atoms with van der Waals surface area (Å²) in [6.07, 6.45) is 2.00. The summed E-state index contributed by atoms with van der Waals surface area (Å²) < 4.78 is 2.16. The molecule has 1 aliphatic rings. The summed E-state index contributed by atoms with van der Waals surface area (Å²) >= 11 is 0. The van der Waals surface area contributed by atoms with E-state index in [1.165, 1.54) is 16.9 Å². The van der Waals surface area contributed by atoms with Crippen LogP contribution < -0.4 is 10.6 Å². The standard InChI is InChI=1S/C25H27N5/c1-19-7-9-20(10-8-19)25-23(30-17-21(26)11-12-24(30)27-25)18-28-13-15-29(16-14-28)22-5-3-2-4-6-22/h2-12,17H,13-16,18,26H2,1H3. The van der Waals surface area contributed by atoms with Crippen molar-refractivity contribution in [3.05, 3.63) is 84.2 Å². The monoisotopic (exact) mass is 397 g/mol. The number of benzene rings is 2. The molecule has 0 aliphatic carbocycles. The number of fused-ring (bicyclic) bond motifs is 1. The van der Waals surface area contributed by atoms with E-state index in [1.54, 1.807) is 0 Å². The summed E-state index contributed by atoms with van der Waals surface area (Å²) in [7, 11) is 0. The Kier molecular flexibility index (Phi) is 4.89. The van der Waals surface area contributed by atoms with Crippen molar-refractivity contribution in [1.29, 1.82) is 0 Å². The lowest BCUT2D eigenvalue weighted by molar-refractivity contribution is 0.247. The van der Waals surface area contributed by atoms with E-state index in [4.69, 9.17) is 10.7 Å². The Balaban J connectivity index is 1.43. The molecule has 5 nitrogen and oxygen atoms in total. The van der Waals surface area contributed by atoms with Crippen LogP contribution in [0.4, 0.5) is 11.4 Å². The van der Waals surface area contributed by atoms with Crippen LogP contribution in [0, 0.1) is 6.92 Å². The second-order valence-corrected chi connectivity index (χ2v) is 8.06. The van der Waals surface area contributed by atoms with E-state index in [1.807, 2.05) is 18.3 Å². The van der Waals surface area contributed by atoms with Gasteiger partial charge < -0.3 is 15.0 Å². The summed E-state index contributed by atoms with van der Waals surface area (Å²) in [5, 5.41) is 0. The van der Waals surface area contributed by atoms with Gasteiger partial charge in [0.1, 0.15) is 5.65 Å². The minimum absolute atomic E-state index is 0.755. The van der Waals surface area contributed by atoms with Gasteiger partial charge in [0.15, 0.2) is 0 Å². The van der Waals surface area contributed by atoms with Gasteiger partial charge in [-0.2, -0.15) is 0 Å². The first-order valence-electron chi connectivity index (χ1n) is 10.5. The van der Waals surface area contributed by atoms with E-state index in [0.29, 0.717) is 0 Å². The lowest BCUT2D eigenvalue weighted by Gasteiger charge is -2.36. The zero-order valence-electron chi connectivity index (χ0n) is 17.3. The maximum Gasteiger partial charge on any atom is 0.137 e. The zero-order valence-corrected chi connectivity index (χ0v) is 17.3. The van der Waals surface area contributed by atoms with E-state index in [0.717, 1.165) is 55.3 Å². The molecular formula is C25H27N5. The van der Waals surface area contributed by atoms with Crippen molar-refractivity contribution in [2.45, 2.75) is 13.5 Å². The summed E-state index contributed by atoms with van der Waals surface area (Å²) in [6.45, 7) is 7.08. The van der Waals surface area contributed by atoms with Crippen LogP contribution in [0.2, 0.25) is 0 Å². The molecule has 0 radical (unpaired) electrons. The number of para-hydroxylation sites is 1. The van der Waals surface area contributed by atoms with Gasteiger partial charge in [-0.3, -0.25) is 4.90 Å². The third-order valence-corrected chi connectivity index (χ3v) is 5.93. The molecule has 152 valence electrons. The molecule has 1 aliphatic heterocycles. The molecule has 0 bridgehead atoms. The van der Waals surface area contributed by atoms with Gasteiger partial charge >= 0.3 is 0 Å². The minimum Gasteiger partial charge on any atom is -0.398 e. The lowest BCUT2D eigenvalue weighted by Crippen LogP contribution is -2.46. The number of nitrogen functional groups attached to an aromatic ring is 1. The Labute approximate surface area is 177 Å². The molecule has 0 atom stereocenters. The number of hydrogen-bond donors (Lipinski definition) is 1. The molecule has 2 aromatic heterocycles. The van der Waals surface area contributed by atoms with Crippen LogP contribution in [0.15, 0.2) is 72.9 Å².